The van der Waals surface area contributed by atoms with Crippen molar-refractivity contribution in [2.45, 2.75) is 12.5 Å². The fraction of sp³-hybridized carbons (Fsp3) is 0.364. The number of fused-ring (bicyclic) bond motifs is 1. The molecule has 1 unspecified atom stereocenters. The van der Waals surface area contributed by atoms with E-state index in [1.165, 1.54) is 10.4 Å². The van der Waals surface area contributed by atoms with E-state index in [1.54, 1.807) is 24.7 Å². The van der Waals surface area contributed by atoms with Gasteiger partial charge in [0.25, 0.3) is 5.19 Å². The minimum Gasteiger partial charge on any atom is -0.473 e. The van der Waals surface area contributed by atoms with Crippen LogP contribution in [-0.4, -0.2) is 18.6 Å². The smallest absolute Gasteiger partial charge is 0.273 e. The van der Waals surface area contributed by atoms with E-state index in [4.69, 9.17) is 9.15 Å². The van der Waals surface area contributed by atoms with Crippen molar-refractivity contribution in [3.63, 3.8) is 0 Å². The summed E-state index contributed by atoms with van der Waals surface area (Å²) in [4.78, 5) is 5.36. The van der Waals surface area contributed by atoms with E-state index in [1.807, 2.05) is 12.3 Å². The van der Waals surface area contributed by atoms with Gasteiger partial charge in [-0.1, -0.05) is 11.3 Å². The van der Waals surface area contributed by atoms with Crippen LogP contribution in [0.25, 0.3) is 0 Å². The lowest BCUT2D eigenvalue weighted by molar-refractivity contribution is 0.412. The molecular formula is C11H12N2O2S. The van der Waals surface area contributed by atoms with Crippen molar-refractivity contribution in [3.05, 3.63) is 34.7 Å². The zero-order valence-corrected chi connectivity index (χ0v) is 9.71. The molecule has 16 heavy (non-hydrogen) atoms. The number of hydrogen-bond donors (Lipinski definition) is 1. The monoisotopic (exact) mass is 236 g/mol. The number of thiazole rings is 1. The Morgan fingerprint density at radius 3 is 3.38 bits per heavy atom. The minimum atomic E-state index is 0.198. The number of ether oxygens (including phenoxy) is 1. The van der Waals surface area contributed by atoms with E-state index >= 15 is 0 Å². The molecule has 0 spiro atoms. The fourth-order valence-corrected chi connectivity index (χ4v) is 2.83. The van der Waals surface area contributed by atoms with Crippen LogP contribution in [-0.2, 0) is 6.42 Å². The lowest BCUT2D eigenvalue weighted by atomic mass is 10.0. The SMILES string of the molecule is COc1ncc(C2NCCc3occc32)s1. The van der Waals surface area contributed by atoms with Crippen molar-refractivity contribution < 1.29 is 9.15 Å². The normalized spacial score (nSPS) is 19.4. The van der Waals surface area contributed by atoms with Crippen molar-refractivity contribution >= 4 is 11.3 Å². The number of nitrogens with zero attached hydrogens (tertiary/aromatic N) is 1. The second kappa shape index (κ2) is 3.92. The largest absolute Gasteiger partial charge is 0.473 e. The van der Waals surface area contributed by atoms with Crippen LogP contribution in [0.2, 0.25) is 0 Å². The van der Waals surface area contributed by atoms with Crippen molar-refractivity contribution in [1.82, 2.24) is 10.3 Å². The van der Waals surface area contributed by atoms with Crippen molar-refractivity contribution in [3.8, 4) is 5.19 Å². The Morgan fingerprint density at radius 2 is 2.56 bits per heavy atom. The van der Waals surface area contributed by atoms with Crippen LogP contribution in [0.15, 0.2) is 22.9 Å². The highest BCUT2D eigenvalue weighted by Crippen LogP contribution is 2.34. The quantitative estimate of drug-likeness (QED) is 0.866. The Bertz CT molecular complexity index is 492. The molecule has 0 aromatic carbocycles. The van der Waals surface area contributed by atoms with Crippen molar-refractivity contribution in [2.24, 2.45) is 0 Å². The van der Waals surface area contributed by atoms with E-state index < -0.39 is 0 Å². The molecule has 0 radical (unpaired) electrons. The number of nitrogens with one attached hydrogen (secondary N) is 1. The summed E-state index contributed by atoms with van der Waals surface area (Å²) in [6.07, 6.45) is 4.57. The number of rotatable bonds is 2. The molecule has 2 aromatic rings. The molecule has 84 valence electrons. The predicted molar refractivity (Wildman–Crippen MR) is 60.9 cm³/mol. The summed E-state index contributed by atoms with van der Waals surface area (Å²) in [6, 6.07) is 2.22. The maximum absolute atomic E-state index is 5.45. The molecule has 0 fully saturated rings. The molecule has 0 bridgehead atoms. The third-order valence-electron chi connectivity index (χ3n) is 2.75. The summed E-state index contributed by atoms with van der Waals surface area (Å²) in [7, 11) is 1.64. The van der Waals surface area contributed by atoms with Gasteiger partial charge in [-0.05, 0) is 6.07 Å². The van der Waals surface area contributed by atoms with Gasteiger partial charge in [0.15, 0.2) is 0 Å². The van der Waals surface area contributed by atoms with Gasteiger partial charge in [-0.25, -0.2) is 4.98 Å². The van der Waals surface area contributed by atoms with Gasteiger partial charge >= 0.3 is 0 Å². The lowest BCUT2D eigenvalue weighted by Gasteiger charge is -2.21. The zero-order chi connectivity index (χ0) is 11.0. The van der Waals surface area contributed by atoms with Gasteiger partial charge in [-0.2, -0.15) is 0 Å². The summed E-state index contributed by atoms with van der Waals surface area (Å²) in [5.74, 6) is 1.08. The van der Waals surface area contributed by atoms with E-state index in [-0.39, 0.29) is 6.04 Å². The highest BCUT2D eigenvalue weighted by molar-refractivity contribution is 7.13. The maximum atomic E-state index is 5.45. The summed E-state index contributed by atoms with van der Waals surface area (Å²) < 4.78 is 10.6. The van der Waals surface area contributed by atoms with Crippen LogP contribution in [0, 0.1) is 0 Å². The Morgan fingerprint density at radius 1 is 1.62 bits per heavy atom. The van der Waals surface area contributed by atoms with E-state index in [0.717, 1.165) is 18.7 Å². The Hall–Kier alpha value is -1.33. The standard InChI is InChI=1S/C11H12N2O2S/c1-14-11-13-6-9(16-11)10-7-3-5-15-8(7)2-4-12-10/h3,5-6,10,12H,2,4H2,1H3. The first-order valence-electron chi connectivity index (χ1n) is 5.18. The van der Waals surface area contributed by atoms with Gasteiger partial charge in [-0.15, -0.1) is 0 Å². The molecule has 1 N–H and O–H groups in total. The zero-order valence-electron chi connectivity index (χ0n) is 8.90. The average Bonchev–Trinajstić information content (AvgIpc) is 2.97. The Kier molecular flexibility index (Phi) is 2.41. The second-order valence-electron chi connectivity index (χ2n) is 3.67. The van der Waals surface area contributed by atoms with Crippen molar-refractivity contribution in [2.75, 3.05) is 13.7 Å². The van der Waals surface area contributed by atoms with Crippen LogP contribution in [0.4, 0.5) is 0 Å². The Balaban J connectivity index is 1.97. The maximum Gasteiger partial charge on any atom is 0.273 e. The molecular weight excluding hydrogens is 224 g/mol. The third kappa shape index (κ3) is 1.52. The predicted octanol–water partition coefficient (Wildman–Crippen LogP) is 1.98. The van der Waals surface area contributed by atoms with Gasteiger partial charge in [0.2, 0.25) is 0 Å². The van der Waals surface area contributed by atoms with Gasteiger partial charge in [-0.3, -0.25) is 0 Å². The molecule has 0 saturated heterocycles. The molecule has 1 aliphatic heterocycles. The van der Waals surface area contributed by atoms with Crippen LogP contribution in [0.3, 0.4) is 0 Å². The summed E-state index contributed by atoms with van der Waals surface area (Å²) >= 11 is 1.57. The van der Waals surface area contributed by atoms with Gasteiger partial charge < -0.3 is 14.5 Å². The van der Waals surface area contributed by atoms with Gasteiger partial charge in [0.05, 0.1) is 19.4 Å². The average molecular weight is 236 g/mol. The Labute approximate surface area is 97.3 Å². The summed E-state index contributed by atoms with van der Waals surface area (Å²) in [6.45, 7) is 0.936. The second-order valence-corrected chi connectivity index (χ2v) is 4.69. The third-order valence-corrected chi connectivity index (χ3v) is 3.78. The van der Waals surface area contributed by atoms with Crippen LogP contribution >= 0.6 is 11.3 Å². The molecule has 4 nitrogen and oxygen atoms in total. The van der Waals surface area contributed by atoms with E-state index in [9.17, 15) is 0 Å². The highest BCUT2D eigenvalue weighted by atomic mass is 32.1. The van der Waals surface area contributed by atoms with E-state index in [0.29, 0.717) is 5.19 Å². The molecule has 3 heterocycles. The van der Waals surface area contributed by atoms with Gasteiger partial charge in [0.1, 0.15) is 5.76 Å². The molecule has 1 aliphatic rings. The van der Waals surface area contributed by atoms with Crippen LogP contribution in [0.5, 0.6) is 5.19 Å². The molecule has 3 rings (SSSR count). The van der Waals surface area contributed by atoms with Gasteiger partial charge in [0, 0.05) is 29.6 Å². The first-order chi connectivity index (χ1) is 7.88. The minimum absolute atomic E-state index is 0.198. The van der Waals surface area contributed by atoms with Crippen LogP contribution in [0.1, 0.15) is 22.2 Å². The first-order valence-corrected chi connectivity index (χ1v) is 5.99. The summed E-state index contributed by atoms with van der Waals surface area (Å²) in [5, 5.41) is 4.17. The number of aromatic nitrogens is 1. The van der Waals surface area contributed by atoms with Crippen molar-refractivity contribution in [1.29, 1.82) is 0 Å². The lowest BCUT2D eigenvalue weighted by Crippen LogP contribution is -2.29. The first kappa shape index (κ1) is 9.86. The van der Waals surface area contributed by atoms with Crippen LogP contribution < -0.4 is 10.1 Å². The summed E-state index contributed by atoms with van der Waals surface area (Å²) in [5.41, 5.74) is 1.22. The molecule has 0 saturated carbocycles. The molecule has 5 heteroatoms. The number of hydrogen-bond acceptors (Lipinski definition) is 5. The molecule has 1 atom stereocenters. The number of methoxy groups -OCH3 is 1. The number of furan rings is 1. The fourth-order valence-electron chi connectivity index (χ4n) is 2.00. The molecule has 0 amide bonds. The molecule has 0 aliphatic carbocycles. The topological polar surface area (TPSA) is 47.3 Å². The highest BCUT2D eigenvalue weighted by Gasteiger charge is 2.25. The van der Waals surface area contributed by atoms with E-state index in [2.05, 4.69) is 10.3 Å². The molecule has 2 aromatic heterocycles.